The van der Waals surface area contributed by atoms with Gasteiger partial charge in [-0.3, -0.25) is 0 Å². The van der Waals surface area contributed by atoms with Gasteiger partial charge in [0.15, 0.2) is 0 Å². The molecule has 25 heavy (non-hydrogen) atoms. The molecule has 0 fully saturated rings. The molecule has 0 unspecified atom stereocenters. The number of thiophene rings is 1. The molecule has 0 radical (unpaired) electrons. The fourth-order valence-electron chi connectivity index (χ4n) is 3.63. The molecular weight excluding hydrogens is 328 g/mol. The van der Waals surface area contributed by atoms with E-state index in [2.05, 4.69) is 58.5 Å². The van der Waals surface area contributed by atoms with Crippen molar-refractivity contribution in [3.8, 4) is 0 Å². The second-order valence-electron chi connectivity index (χ2n) is 6.97. The minimum atomic E-state index is 0.792. The van der Waals surface area contributed by atoms with Gasteiger partial charge in [0.05, 0.1) is 5.39 Å². The van der Waals surface area contributed by atoms with E-state index in [0.29, 0.717) is 0 Å². The molecule has 2 aromatic heterocycles. The minimum absolute atomic E-state index is 0.792. The second kappa shape index (κ2) is 7.10. The van der Waals surface area contributed by atoms with Crippen LogP contribution in [0.3, 0.4) is 0 Å². The molecule has 4 nitrogen and oxygen atoms in total. The van der Waals surface area contributed by atoms with Crippen LogP contribution in [0.4, 0.5) is 5.82 Å². The number of aryl methyl sites for hydroxylation is 2. The molecule has 130 valence electrons. The molecule has 0 saturated carbocycles. The predicted molar refractivity (Wildman–Crippen MR) is 105 cm³/mol. The Balaban J connectivity index is 1.63. The van der Waals surface area contributed by atoms with E-state index < -0.39 is 0 Å². The molecule has 1 aromatic carbocycles. The van der Waals surface area contributed by atoms with Crippen LogP contribution in [0.2, 0.25) is 0 Å². The molecule has 3 aromatic rings. The third-order valence-electron chi connectivity index (χ3n) is 4.80. The van der Waals surface area contributed by atoms with E-state index in [9.17, 15) is 0 Å². The first-order chi connectivity index (χ1) is 12.2. The largest absolute Gasteiger partial charge is 0.365 e. The number of hydrogen-bond acceptors (Lipinski definition) is 5. The summed E-state index contributed by atoms with van der Waals surface area (Å²) in [5.41, 5.74) is 4.17. The standard InChI is InChI=1S/C20H24N4S/c1-24(2)12-15-8-4-3-7-14(15)11-21-19-18-16-9-5-6-10-17(16)25-20(18)23-13-22-19/h3-4,7-8,13H,5-6,9-12H2,1-2H3,(H,21,22,23). The highest BCUT2D eigenvalue weighted by Gasteiger charge is 2.19. The van der Waals surface area contributed by atoms with Crippen LogP contribution in [0.5, 0.6) is 0 Å². The molecular formula is C20H24N4S. The average molecular weight is 353 g/mol. The number of nitrogens with one attached hydrogen (secondary N) is 1. The van der Waals surface area contributed by atoms with Gasteiger partial charge in [0.1, 0.15) is 17.0 Å². The molecule has 1 aliphatic rings. The van der Waals surface area contributed by atoms with Crippen molar-refractivity contribution in [2.75, 3.05) is 19.4 Å². The van der Waals surface area contributed by atoms with E-state index in [1.165, 1.54) is 46.2 Å². The van der Waals surface area contributed by atoms with Crippen molar-refractivity contribution in [1.82, 2.24) is 14.9 Å². The Morgan fingerprint density at radius 1 is 1.08 bits per heavy atom. The SMILES string of the molecule is CN(C)Cc1ccccc1CNc1ncnc2sc3c(c12)CCCC3. The Morgan fingerprint density at radius 2 is 1.88 bits per heavy atom. The van der Waals surface area contributed by atoms with Gasteiger partial charge in [0.2, 0.25) is 0 Å². The van der Waals surface area contributed by atoms with Crippen LogP contribution >= 0.6 is 11.3 Å². The van der Waals surface area contributed by atoms with Gasteiger partial charge < -0.3 is 10.2 Å². The van der Waals surface area contributed by atoms with Crippen LogP contribution < -0.4 is 5.32 Å². The van der Waals surface area contributed by atoms with E-state index in [1.807, 2.05) is 11.3 Å². The third-order valence-corrected chi connectivity index (χ3v) is 6.00. The number of benzene rings is 1. The lowest BCUT2D eigenvalue weighted by atomic mass is 9.97. The smallest absolute Gasteiger partial charge is 0.138 e. The Bertz CT molecular complexity index is 885. The lowest BCUT2D eigenvalue weighted by Crippen LogP contribution is -2.13. The molecule has 2 heterocycles. The maximum atomic E-state index is 4.57. The van der Waals surface area contributed by atoms with E-state index in [0.717, 1.165) is 30.2 Å². The minimum Gasteiger partial charge on any atom is -0.365 e. The summed E-state index contributed by atoms with van der Waals surface area (Å²) in [7, 11) is 4.21. The first-order valence-electron chi connectivity index (χ1n) is 8.93. The van der Waals surface area contributed by atoms with Gasteiger partial charge in [-0.2, -0.15) is 0 Å². The highest BCUT2D eigenvalue weighted by molar-refractivity contribution is 7.19. The zero-order valence-electron chi connectivity index (χ0n) is 14.9. The number of fused-ring (bicyclic) bond motifs is 3. The molecule has 0 bridgehead atoms. The number of nitrogens with zero attached hydrogens (tertiary/aromatic N) is 3. The normalized spacial score (nSPS) is 14.0. The maximum Gasteiger partial charge on any atom is 0.138 e. The first kappa shape index (κ1) is 16.5. The zero-order chi connectivity index (χ0) is 17.2. The predicted octanol–water partition coefficient (Wildman–Crippen LogP) is 4.24. The number of hydrogen-bond donors (Lipinski definition) is 1. The van der Waals surface area contributed by atoms with Crippen LogP contribution in [0.1, 0.15) is 34.4 Å². The van der Waals surface area contributed by atoms with Crippen molar-refractivity contribution in [3.63, 3.8) is 0 Å². The first-order valence-corrected chi connectivity index (χ1v) is 9.74. The van der Waals surface area contributed by atoms with Gasteiger partial charge in [-0.1, -0.05) is 24.3 Å². The molecule has 0 amide bonds. The topological polar surface area (TPSA) is 41.0 Å². The van der Waals surface area contributed by atoms with Crippen molar-refractivity contribution >= 4 is 27.4 Å². The van der Waals surface area contributed by atoms with Crippen molar-refractivity contribution in [2.24, 2.45) is 0 Å². The van der Waals surface area contributed by atoms with Crippen molar-refractivity contribution in [3.05, 3.63) is 52.2 Å². The summed E-state index contributed by atoms with van der Waals surface area (Å²) < 4.78 is 0. The summed E-state index contributed by atoms with van der Waals surface area (Å²) in [6.45, 7) is 1.74. The van der Waals surface area contributed by atoms with Gasteiger partial charge >= 0.3 is 0 Å². The molecule has 5 heteroatoms. The van der Waals surface area contributed by atoms with E-state index in [4.69, 9.17) is 0 Å². The van der Waals surface area contributed by atoms with Crippen molar-refractivity contribution < 1.29 is 0 Å². The summed E-state index contributed by atoms with van der Waals surface area (Å²) in [5.74, 6) is 0.990. The molecule has 4 rings (SSSR count). The van der Waals surface area contributed by atoms with Crippen LogP contribution in [-0.4, -0.2) is 29.0 Å². The van der Waals surface area contributed by atoms with E-state index in [1.54, 1.807) is 6.33 Å². The van der Waals surface area contributed by atoms with Gasteiger partial charge in [0, 0.05) is 18.0 Å². The summed E-state index contributed by atoms with van der Waals surface area (Å²) >= 11 is 1.85. The Kier molecular flexibility index (Phi) is 4.68. The molecule has 1 aliphatic carbocycles. The highest BCUT2D eigenvalue weighted by atomic mass is 32.1. The monoisotopic (exact) mass is 352 g/mol. The van der Waals surface area contributed by atoms with E-state index in [-0.39, 0.29) is 0 Å². The van der Waals surface area contributed by atoms with Gasteiger partial charge in [-0.25, -0.2) is 9.97 Å². The maximum absolute atomic E-state index is 4.57. The Morgan fingerprint density at radius 3 is 2.72 bits per heavy atom. The van der Waals surface area contributed by atoms with Crippen LogP contribution in [0.25, 0.3) is 10.2 Å². The fraction of sp³-hybridized carbons (Fsp3) is 0.400. The van der Waals surface area contributed by atoms with Crippen LogP contribution in [0, 0.1) is 0 Å². The Labute approximate surface area is 152 Å². The van der Waals surface area contributed by atoms with Gasteiger partial charge in [0.25, 0.3) is 0 Å². The summed E-state index contributed by atoms with van der Waals surface area (Å²) in [4.78, 5) is 13.9. The second-order valence-corrected chi connectivity index (χ2v) is 8.06. The summed E-state index contributed by atoms with van der Waals surface area (Å²) in [5, 5.41) is 4.85. The average Bonchev–Trinajstić information content (AvgIpc) is 2.99. The number of rotatable bonds is 5. The van der Waals surface area contributed by atoms with Crippen molar-refractivity contribution in [1.29, 1.82) is 0 Å². The van der Waals surface area contributed by atoms with Crippen LogP contribution in [-0.2, 0) is 25.9 Å². The quantitative estimate of drug-likeness (QED) is 0.745. The van der Waals surface area contributed by atoms with Gasteiger partial charge in [-0.05, 0) is 56.5 Å². The lowest BCUT2D eigenvalue weighted by molar-refractivity contribution is 0.401. The highest BCUT2D eigenvalue weighted by Crippen LogP contribution is 2.38. The number of aromatic nitrogens is 2. The van der Waals surface area contributed by atoms with Crippen LogP contribution in [0.15, 0.2) is 30.6 Å². The fourth-order valence-corrected chi connectivity index (χ4v) is 4.86. The zero-order valence-corrected chi connectivity index (χ0v) is 15.7. The third kappa shape index (κ3) is 3.39. The molecule has 0 atom stereocenters. The summed E-state index contributed by atoms with van der Waals surface area (Å²) in [6, 6.07) is 8.63. The molecule has 1 N–H and O–H groups in total. The number of anilines is 1. The van der Waals surface area contributed by atoms with Gasteiger partial charge in [-0.15, -0.1) is 11.3 Å². The Hall–Kier alpha value is -1.98. The summed E-state index contributed by atoms with van der Waals surface area (Å²) in [6.07, 6.45) is 6.63. The molecule has 0 aliphatic heterocycles. The lowest BCUT2D eigenvalue weighted by Gasteiger charge is -2.16. The molecule has 0 saturated heterocycles. The molecule has 0 spiro atoms. The van der Waals surface area contributed by atoms with E-state index >= 15 is 0 Å². The van der Waals surface area contributed by atoms with Crippen molar-refractivity contribution in [2.45, 2.75) is 38.8 Å².